The van der Waals surface area contributed by atoms with E-state index < -0.39 is 5.97 Å². The first kappa shape index (κ1) is 19.4. The summed E-state index contributed by atoms with van der Waals surface area (Å²) >= 11 is 0. The van der Waals surface area contributed by atoms with Crippen LogP contribution >= 0.6 is 24.8 Å². The largest absolute Gasteiger partial charge is 0.481 e. The summed E-state index contributed by atoms with van der Waals surface area (Å²) in [6, 6.07) is 15.1. The third-order valence-electron chi connectivity index (χ3n) is 2.84. The molecule has 6 heteroatoms. The number of nitrogens with zero attached hydrogens (tertiary/aromatic N) is 1. The van der Waals surface area contributed by atoms with Crippen LogP contribution in [-0.2, 0) is 11.3 Å². The number of aliphatic carboxylic acids is 1. The highest BCUT2D eigenvalue weighted by Gasteiger charge is 2.14. The van der Waals surface area contributed by atoms with Crippen molar-refractivity contribution in [2.24, 2.45) is 0 Å². The van der Waals surface area contributed by atoms with Gasteiger partial charge in [0.15, 0.2) is 0 Å². The predicted molar refractivity (Wildman–Crippen MR) is 87.0 cm³/mol. The topological polar surface area (TPSA) is 62.2 Å². The summed E-state index contributed by atoms with van der Waals surface area (Å²) in [5.41, 5.74) is 1.87. The molecular weight excluding hydrogens is 311 g/mol. The van der Waals surface area contributed by atoms with Crippen LogP contribution in [0.15, 0.2) is 54.7 Å². The summed E-state index contributed by atoms with van der Waals surface area (Å²) in [4.78, 5) is 15.2. The first-order valence-corrected chi connectivity index (χ1v) is 6.16. The molecule has 21 heavy (non-hydrogen) atoms. The van der Waals surface area contributed by atoms with Gasteiger partial charge in [0.2, 0.25) is 0 Å². The second kappa shape index (κ2) is 10.2. The highest BCUT2D eigenvalue weighted by molar-refractivity contribution is 5.85. The number of hydrogen-bond donors (Lipinski definition) is 2. The van der Waals surface area contributed by atoms with E-state index in [1.807, 2.05) is 48.5 Å². The van der Waals surface area contributed by atoms with Crippen molar-refractivity contribution in [1.29, 1.82) is 0 Å². The number of carbonyl (C=O) groups is 1. The summed E-state index contributed by atoms with van der Waals surface area (Å²) in [6.07, 6.45) is 1.78. The van der Waals surface area contributed by atoms with Crippen LogP contribution in [0.2, 0.25) is 0 Å². The summed E-state index contributed by atoms with van der Waals surface area (Å²) in [5, 5.41) is 12.2. The molecule has 1 aromatic heterocycles. The molecule has 0 aliphatic heterocycles. The summed E-state index contributed by atoms with van der Waals surface area (Å²) in [5.74, 6) is -0.817. The predicted octanol–water partition coefficient (Wildman–Crippen LogP) is 3.23. The molecule has 1 atom stereocenters. The smallest absolute Gasteiger partial charge is 0.305 e. The van der Waals surface area contributed by atoms with Gasteiger partial charge in [-0.25, -0.2) is 0 Å². The fourth-order valence-electron chi connectivity index (χ4n) is 1.90. The minimum absolute atomic E-state index is 0. The maximum Gasteiger partial charge on any atom is 0.305 e. The van der Waals surface area contributed by atoms with E-state index in [2.05, 4.69) is 10.3 Å². The molecule has 1 heterocycles. The fourth-order valence-corrected chi connectivity index (χ4v) is 1.90. The number of pyridine rings is 1. The molecule has 0 saturated heterocycles. The number of halogens is 2. The highest BCUT2D eigenvalue weighted by Crippen LogP contribution is 2.16. The molecule has 0 bridgehead atoms. The normalized spacial score (nSPS) is 10.9. The average Bonchev–Trinajstić information content (AvgIpc) is 2.45. The molecule has 1 aromatic carbocycles. The van der Waals surface area contributed by atoms with Crippen molar-refractivity contribution in [2.75, 3.05) is 0 Å². The number of hydrogen-bond acceptors (Lipinski definition) is 3. The minimum atomic E-state index is -0.817. The average molecular weight is 329 g/mol. The number of rotatable bonds is 6. The number of nitrogens with one attached hydrogen (secondary N) is 1. The molecule has 0 amide bonds. The first-order valence-electron chi connectivity index (χ1n) is 6.16. The standard InChI is InChI=1S/C15H16N2O2.2ClH/c18-15(19)10-14(12-6-2-1-3-7-12)17-11-13-8-4-5-9-16-13;;/h1-9,14,17H,10-11H2,(H,18,19);2*1H. The lowest BCUT2D eigenvalue weighted by Crippen LogP contribution is -2.23. The molecule has 0 radical (unpaired) electrons. The third-order valence-corrected chi connectivity index (χ3v) is 2.84. The number of benzene rings is 1. The molecule has 0 saturated carbocycles. The molecule has 2 aromatic rings. The highest BCUT2D eigenvalue weighted by atomic mass is 35.5. The van der Waals surface area contributed by atoms with Crippen molar-refractivity contribution in [3.8, 4) is 0 Å². The molecule has 1 unspecified atom stereocenters. The van der Waals surface area contributed by atoms with Crippen molar-refractivity contribution in [3.05, 3.63) is 66.0 Å². The first-order chi connectivity index (χ1) is 9.25. The van der Waals surface area contributed by atoms with Gasteiger partial charge in [0, 0.05) is 18.8 Å². The molecule has 0 aliphatic carbocycles. The summed E-state index contributed by atoms with van der Waals surface area (Å²) < 4.78 is 0. The summed E-state index contributed by atoms with van der Waals surface area (Å²) in [6.45, 7) is 0.549. The molecule has 114 valence electrons. The fraction of sp³-hybridized carbons (Fsp3) is 0.200. The van der Waals surface area contributed by atoms with E-state index in [4.69, 9.17) is 5.11 Å². The Morgan fingerprint density at radius 3 is 2.33 bits per heavy atom. The quantitative estimate of drug-likeness (QED) is 0.854. The van der Waals surface area contributed by atoms with E-state index >= 15 is 0 Å². The van der Waals surface area contributed by atoms with Crippen molar-refractivity contribution in [3.63, 3.8) is 0 Å². The molecule has 0 aliphatic rings. The van der Waals surface area contributed by atoms with E-state index in [-0.39, 0.29) is 37.3 Å². The number of carboxylic acids is 1. The zero-order valence-corrected chi connectivity index (χ0v) is 12.9. The van der Waals surface area contributed by atoms with Crippen LogP contribution in [0.25, 0.3) is 0 Å². The van der Waals surface area contributed by atoms with Gasteiger partial charge in [0.25, 0.3) is 0 Å². The number of carboxylic acid groups (broad SMARTS) is 1. The van der Waals surface area contributed by atoms with Gasteiger partial charge in [-0.15, -0.1) is 24.8 Å². The summed E-state index contributed by atoms with van der Waals surface area (Å²) in [7, 11) is 0. The Morgan fingerprint density at radius 1 is 1.10 bits per heavy atom. The molecule has 2 N–H and O–H groups in total. The van der Waals surface area contributed by atoms with Crippen LogP contribution in [0.1, 0.15) is 23.7 Å². The number of aromatic nitrogens is 1. The lowest BCUT2D eigenvalue weighted by molar-refractivity contribution is -0.137. The molecule has 0 spiro atoms. The SMILES string of the molecule is Cl.Cl.O=C(O)CC(NCc1ccccn1)c1ccccc1. The van der Waals surface area contributed by atoms with E-state index in [1.165, 1.54) is 0 Å². The maximum atomic E-state index is 10.9. The van der Waals surface area contributed by atoms with Gasteiger partial charge in [-0.1, -0.05) is 36.4 Å². The monoisotopic (exact) mass is 328 g/mol. The lowest BCUT2D eigenvalue weighted by Gasteiger charge is -2.17. The second-order valence-electron chi connectivity index (χ2n) is 4.26. The van der Waals surface area contributed by atoms with Gasteiger partial charge in [-0.05, 0) is 17.7 Å². The van der Waals surface area contributed by atoms with Crippen LogP contribution in [0.5, 0.6) is 0 Å². The Morgan fingerprint density at radius 2 is 1.76 bits per heavy atom. The minimum Gasteiger partial charge on any atom is -0.481 e. The maximum absolute atomic E-state index is 10.9. The van der Waals surface area contributed by atoms with E-state index in [0.29, 0.717) is 6.54 Å². The Labute approximate surface area is 136 Å². The van der Waals surface area contributed by atoms with Gasteiger partial charge < -0.3 is 10.4 Å². The van der Waals surface area contributed by atoms with Crippen molar-refractivity contribution < 1.29 is 9.90 Å². The zero-order valence-electron chi connectivity index (χ0n) is 11.3. The Bertz CT molecular complexity index is 524. The zero-order chi connectivity index (χ0) is 13.5. The van der Waals surface area contributed by atoms with Gasteiger partial charge in [-0.3, -0.25) is 9.78 Å². The van der Waals surface area contributed by atoms with Crippen LogP contribution in [0.3, 0.4) is 0 Å². The third kappa shape index (κ3) is 6.58. The van der Waals surface area contributed by atoms with Crippen molar-refractivity contribution >= 4 is 30.8 Å². The van der Waals surface area contributed by atoms with E-state index in [1.54, 1.807) is 6.20 Å². The lowest BCUT2D eigenvalue weighted by atomic mass is 10.0. The van der Waals surface area contributed by atoms with E-state index in [9.17, 15) is 4.79 Å². The van der Waals surface area contributed by atoms with Crippen LogP contribution < -0.4 is 5.32 Å². The van der Waals surface area contributed by atoms with E-state index in [0.717, 1.165) is 11.3 Å². The van der Waals surface area contributed by atoms with Crippen LogP contribution in [-0.4, -0.2) is 16.1 Å². The van der Waals surface area contributed by atoms with Gasteiger partial charge >= 0.3 is 5.97 Å². The van der Waals surface area contributed by atoms with Crippen molar-refractivity contribution in [2.45, 2.75) is 19.0 Å². The molecule has 0 fully saturated rings. The molecule has 4 nitrogen and oxygen atoms in total. The van der Waals surface area contributed by atoms with Gasteiger partial charge in [0.1, 0.15) is 0 Å². The Balaban J connectivity index is 0.00000200. The Hall–Kier alpha value is -1.62. The van der Waals surface area contributed by atoms with Crippen LogP contribution in [0.4, 0.5) is 0 Å². The second-order valence-corrected chi connectivity index (χ2v) is 4.26. The molecular formula is C15H18Cl2N2O2. The molecule has 2 rings (SSSR count). The van der Waals surface area contributed by atoms with Gasteiger partial charge in [-0.2, -0.15) is 0 Å². The Kier molecular flexibility index (Phi) is 9.37. The van der Waals surface area contributed by atoms with Crippen molar-refractivity contribution in [1.82, 2.24) is 10.3 Å². The van der Waals surface area contributed by atoms with Gasteiger partial charge in [0.05, 0.1) is 12.1 Å². The van der Waals surface area contributed by atoms with Crippen LogP contribution in [0, 0.1) is 0 Å².